The van der Waals surface area contributed by atoms with E-state index in [9.17, 15) is 8.78 Å². The number of nitrogens with zero attached hydrogens (tertiary/aromatic N) is 1. The van der Waals surface area contributed by atoms with Crippen LogP contribution in [0, 0.1) is 17.6 Å². The number of anilines is 1. The van der Waals surface area contributed by atoms with Gasteiger partial charge in [0.05, 0.1) is 0 Å². The van der Waals surface area contributed by atoms with E-state index in [1.165, 1.54) is 11.8 Å². The maximum atomic E-state index is 13.3. The van der Waals surface area contributed by atoms with Crippen molar-refractivity contribution in [2.45, 2.75) is 25.3 Å². The molecule has 0 aliphatic rings. The molecule has 90 valence electrons. The van der Waals surface area contributed by atoms with E-state index in [0.717, 1.165) is 18.2 Å². The molecule has 1 atom stereocenters. The first-order chi connectivity index (χ1) is 7.58. The van der Waals surface area contributed by atoms with Gasteiger partial charge in [-0.15, -0.1) is 11.8 Å². The lowest BCUT2D eigenvalue weighted by Crippen LogP contribution is -2.11. The molecule has 0 amide bonds. The first kappa shape index (κ1) is 13.2. The number of aromatic nitrogens is 1. The van der Waals surface area contributed by atoms with Crippen LogP contribution in [0.3, 0.4) is 0 Å². The molecule has 3 nitrogen and oxygen atoms in total. The Morgan fingerprint density at radius 2 is 2.19 bits per heavy atom. The maximum Gasteiger partial charge on any atom is 0.177 e. The topological polar surface area (TPSA) is 50.9 Å². The third-order valence-electron chi connectivity index (χ3n) is 2.24. The Labute approximate surface area is 97.8 Å². The maximum absolute atomic E-state index is 13.3. The van der Waals surface area contributed by atoms with Gasteiger partial charge in [-0.25, -0.2) is 19.6 Å². The van der Waals surface area contributed by atoms with Gasteiger partial charge in [-0.05, 0) is 5.92 Å². The molecular formula is C10H15F2N3S. The number of thioether (sulfide) groups is 1. The van der Waals surface area contributed by atoms with Gasteiger partial charge in [-0.2, -0.15) is 0 Å². The number of hydrogen-bond acceptors (Lipinski definition) is 4. The highest BCUT2D eigenvalue weighted by Gasteiger charge is 2.12. The first-order valence-electron chi connectivity index (χ1n) is 5.03. The van der Waals surface area contributed by atoms with Crippen LogP contribution >= 0.6 is 11.8 Å². The molecule has 0 aliphatic heterocycles. The van der Waals surface area contributed by atoms with Gasteiger partial charge >= 0.3 is 0 Å². The fraction of sp³-hybridized carbons (Fsp3) is 0.500. The first-order valence-corrected chi connectivity index (χ1v) is 6.02. The highest BCUT2D eigenvalue weighted by Crippen LogP contribution is 2.25. The lowest BCUT2D eigenvalue weighted by atomic mass is 10.2. The minimum Gasteiger partial charge on any atom is -0.306 e. The molecule has 0 saturated carbocycles. The standard InChI is InChI=1S/C10H15F2N3S/c1-3-6(2)5-16-10-8(12)4-7(11)9(14-10)15-13/h4,6H,3,5,13H2,1-2H3,(H,14,15). The van der Waals surface area contributed by atoms with E-state index < -0.39 is 11.6 Å². The lowest BCUT2D eigenvalue weighted by molar-refractivity contribution is 0.550. The van der Waals surface area contributed by atoms with Gasteiger partial charge in [0.25, 0.3) is 0 Å². The van der Waals surface area contributed by atoms with Crippen molar-refractivity contribution in [3.05, 3.63) is 17.7 Å². The summed E-state index contributed by atoms with van der Waals surface area (Å²) in [5.41, 5.74) is 2.10. The summed E-state index contributed by atoms with van der Waals surface area (Å²) in [7, 11) is 0. The number of nitrogens with one attached hydrogen (secondary N) is 1. The van der Waals surface area contributed by atoms with Crippen molar-refractivity contribution >= 4 is 17.6 Å². The van der Waals surface area contributed by atoms with Crippen LogP contribution in [0.5, 0.6) is 0 Å². The molecule has 1 aromatic heterocycles. The van der Waals surface area contributed by atoms with E-state index in [2.05, 4.69) is 24.3 Å². The van der Waals surface area contributed by atoms with Gasteiger partial charge in [-0.1, -0.05) is 20.3 Å². The summed E-state index contributed by atoms with van der Waals surface area (Å²) in [6.45, 7) is 4.13. The predicted molar refractivity (Wildman–Crippen MR) is 62.1 cm³/mol. The highest BCUT2D eigenvalue weighted by molar-refractivity contribution is 7.99. The summed E-state index contributed by atoms with van der Waals surface area (Å²) in [6.07, 6.45) is 1.01. The molecule has 0 spiro atoms. The Balaban J connectivity index is 2.79. The molecule has 0 aliphatic carbocycles. The third kappa shape index (κ3) is 3.31. The zero-order valence-corrected chi connectivity index (χ0v) is 10.1. The molecular weight excluding hydrogens is 232 g/mol. The number of nitrogens with two attached hydrogens (primary N) is 1. The quantitative estimate of drug-likeness (QED) is 0.477. The summed E-state index contributed by atoms with van der Waals surface area (Å²) >= 11 is 1.27. The number of nitrogen functional groups attached to an aromatic ring is 1. The van der Waals surface area contributed by atoms with Gasteiger partial charge in [0.2, 0.25) is 0 Å². The van der Waals surface area contributed by atoms with Crippen molar-refractivity contribution < 1.29 is 8.78 Å². The second-order valence-electron chi connectivity index (χ2n) is 3.57. The lowest BCUT2D eigenvalue weighted by Gasteiger charge is -2.09. The van der Waals surface area contributed by atoms with E-state index >= 15 is 0 Å². The Kier molecular flexibility index (Phi) is 4.95. The van der Waals surface area contributed by atoms with Gasteiger partial charge in [0.15, 0.2) is 17.5 Å². The fourth-order valence-electron chi connectivity index (χ4n) is 0.991. The van der Waals surface area contributed by atoms with Crippen LogP contribution in [-0.2, 0) is 0 Å². The Hall–Kier alpha value is -0.880. The summed E-state index contributed by atoms with van der Waals surface area (Å²) in [5, 5.41) is 0.176. The monoisotopic (exact) mass is 247 g/mol. The van der Waals surface area contributed by atoms with E-state index in [1.807, 2.05) is 0 Å². The summed E-state index contributed by atoms with van der Waals surface area (Å²) in [6, 6.07) is 0.793. The Morgan fingerprint density at radius 3 is 2.75 bits per heavy atom. The van der Waals surface area contributed by atoms with Crippen molar-refractivity contribution in [3.8, 4) is 0 Å². The van der Waals surface area contributed by atoms with Crippen LogP contribution in [0.25, 0.3) is 0 Å². The summed E-state index contributed by atoms with van der Waals surface area (Å²) in [5.74, 6) is 4.71. The van der Waals surface area contributed by atoms with Crippen molar-refractivity contribution in [1.29, 1.82) is 0 Å². The van der Waals surface area contributed by atoms with E-state index in [1.54, 1.807) is 0 Å². The van der Waals surface area contributed by atoms with Crippen LogP contribution in [0.4, 0.5) is 14.6 Å². The van der Waals surface area contributed by atoms with Gasteiger partial charge in [-0.3, -0.25) is 0 Å². The van der Waals surface area contributed by atoms with Crippen LogP contribution < -0.4 is 11.3 Å². The van der Waals surface area contributed by atoms with Crippen molar-refractivity contribution in [1.82, 2.24) is 4.98 Å². The van der Waals surface area contributed by atoms with Crippen molar-refractivity contribution in [3.63, 3.8) is 0 Å². The molecule has 16 heavy (non-hydrogen) atoms. The molecule has 0 fully saturated rings. The molecule has 1 heterocycles. The van der Waals surface area contributed by atoms with E-state index in [-0.39, 0.29) is 10.8 Å². The summed E-state index contributed by atoms with van der Waals surface area (Å²) < 4.78 is 26.4. The summed E-state index contributed by atoms with van der Waals surface area (Å²) in [4.78, 5) is 3.77. The zero-order valence-electron chi connectivity index (χ0n) is 9.26. The molecule has 1 rings (SSSR count). The van der Waals surface area contributed by atoms with Gasteiger partial charge < -0.3 is 5.43 Å². The predicted octanol–water partition coefficient (Wildman–Crippen LogP) is 2.78. The molecule has 6 heteroatoms. The number of pyridine rings is 1. The number of hydrogen-bond donors (Lipinski definition) is 2. The average Bonchev–Trinajstić information content (AvgIpc) is 2.27. The molecule has 3 N–H and O–H groups in total. The van der Waals surface area contributed by atoms with Crippen molar-refractivity contribution in [2.75, 3.05) is 11.2 Å². The SMILES string of the molecule is CCC(C)CSc1nc(NN)c(F)cc1F. The minimum atomic E-state index is -0.784. The number of rotatable bonds is 5. The second-order valence-corrected chi connectivity index (χ2v) is 4.58. The third-order valence-corrected chi connectivity index (χ3v) is 3.53. The van der Waals surface area contributed by atoms with Crippen LogP contribution in [0.1, 0.15) is 20.3 Å². The highest BCUT2D eigenvalue weighted by atomic mass is 32.2. The van der Waals surface area contributed by atoms with Crippen LogP contribution in [0.2, 0.25) is 0 Å². The second kappa shape index (κ2) is 6.00. The minimum absolute atomic E-state index is 0.131. The molecule has 0 saturated heterocycles. The molecule has 0 aromatic carbocycles. The largest absolute Gasteiger partial charge is 0.306 e. The molecule has 0 radical (unpaired) electrons. The molecule has 0 bridgehead atoms. The molecule has 1 aromatic rings. The Bertz CT molecular complexity index is 360. The fourth-order valence-corrected chi connectivity index (χ4v) is 2.02. The van der Waals surface area contributed by atoms with Crippen LogP contribution in [0.15, 0.2) is 11.1 Å². The average molecular weight is 247 g/mol. The van der Waals surface area contributed by atoms with Gasteiger partial charge in [0.1, 0.15) is 5.03 Å². The Morgan fingerprint density at radius 1 is 1.50 bits per heavy atom. The van der Waals surface area contributed by atoms with Crippen molar-refractivity contribution in [2.24, 2.45) is 11.8 Å². The molecule has 1 unspecified atom stereocenters. The zero-order chi connectivity index (χ0) is 12.1. The number of hydrazine groups is 1. The van der Waals surface area contributed by atoms with Crippen LogP contribution in [-0.4, -0.2) is 10.7 Å². The van der Waals surface area contributed by atoms with Gasteiger partial charge in [0, 0.05) is 11.8 Å². The smallest absolute Gasteiger partial charge is 0.177 e. The number of halogens is 2. The normalized spacial score (nSPS) is 12.6. The van der Waals surface area contributed by atoms with E-state index in [4.69, 9.17) is 5.84 Å². The van der Waals surface area contributed by atoms with E-state index in [0.29, 0.717) is 5.92 Å².